The molecule has 2 amide bonds. The second kappa shape index (κ2) is 8.81. The molecule has 6 nitrogen and oxygen atoms in total. The number of carbonyl (C=O) groups is 2. The molecule has 0 aliphatic heterocycles. The van der Waals surface area contributed by atoms with Crippen LogP contribution in [-0.4, -0.2) is 43.3 Å². The molecule has 0 fully saturated rings. The number of hydrogen-bond acceptors (Lipinski definition) is 3. The van der Waals surface area contributed by atoms with Crippen LogP contribution in [0.3, 0.4) is 0 Å². The highest BCUT2D eigenvalue weighted by Crippen LogP contribution is 2.07. The van der Waals surface area contributed by atoms with Gasteiger partial charge in [-0.15, -0.1) is 0 Å². The molecule has 0 aromatic rings. The van der Waals surface area contributed by atoms with E-state index in [0.29, 0.717) is 13.0 Å². The van der Waals surface area contributed by atoms with Crippen molar-refractivity contribution in [2.75, 3.05) is 20.1 Å². The Balaban J connectivity index is 4.00. The third kappa shape index (κ3) is 6.78. The van der Waals surface area contributed by atoms with Crippen molar-refractivity contribution in [3.8, 4) is 0 Å². The first-order valence-electron chi connectivity index (χ1n) is 5.94. The van der Waals surface area contributed by atoms with Crippen LogP contribution in [0.15, 0.2) is 0 Å². The molecule has 1 unspecified atom stereocenters. The van der Waals surface area contributed by atoms with Gasteiger partial charge in [0, 0.05) is 6.54 Å². The molecule has 0 aromatic heterocycles. The van der Waals surface area contributed by atoms with Gasteiger partial charge < -0.3 is 21.1 Å². The summed E-state index contributed by atoms with van der Waals surface area (Å²) in [6.07, 6.45) is 1.52. The van der Waals surface area contributed by atoms with E-state index in [-0.39, 0.29) is 5.92 Å². The summed E-state index contributed by atoms with van der Waals surface area (Å²) >= 11 is 0. The van der Waals surface area contributed by atoms with Crippen LogP contribution in [0.4, 0.5) is 4.79 Å². The van der Waals surface area contributed by atoms with Crippen molar-refractivity contribution < 1.29 is 14.7 Å². The first-order chi connectivity index (χ1) is 8.02. The van der Waals surface area contributed by atoms with Crippen molar-refractivity contribution in [3.05, 3.63) is 0 Å². The fourth-order valence-corrected chi connectivity index (χ4v) is 1.34. The molecule has 100 valence electrons. The molecule has 0 saturated heterocycles. The Morgan fingerprint density at radius 2 is 1.94 bits per heavy atom. The van der Waals surface area contributed by atoms with E-state index in [1.165, 1.54) is 0 Å². The second-order valence-corrected chi connectivity index (χ2v) is 4.06. The molecule has 6 heteroatoms. The summed E-state index contributed by atoms with van der Waals surface area (Å²) in [4.78, 5) is 22.4. The maximum absolute atomic E-state index is 11.4. The van der Waals surface area contributed by atoms with E-state index >= 15 is 0 Å². The van der Waals surface area contributed by atoms with Crippen molar-refractivity contribution in [2.45, 2.75) is 32.7 Å². The maximum Gasteiger partial charge on any atom is 0.326 e. The highest BCUT2D eigenvalue weighted by molar-refractivity contribution is 5.82. The zero-order valence-electron chi connectivity index (χ0n) is 10.7. The Morgan fingerprint density at radius 3 is 2.41 bits per heavy atom. The van der Waals surface area contributed by atoms with Crippen LogP contribution >= 0.6 is 0 Å². The molecule has 0 saturated carbocycles. The smallest absolute Gasteiger partial charge is 0.326 e. The van der Waals surface area contributed by atoms with Crippen molar-refractivity contribution in [1.82, 2.24) is 16.0 Å². The van der Waals surface area contributed by atoms with Gasteiger partial charge in [0.25, 0.3) is 0 Å². The molecular weight excluding hydrogens is 222 g/mol. The lowest BCUT2D eigenvalue weighted by Crippen LogP contribution is -2.49. The molecule has 0 radical (unpaired) electrons. The minimum absolute atomic E-state index is 0.0874. The average molecular weight is 245 g/mol. The third-order valence-electron chi connectivity index (χ3n) is 2.65. The Hall–Kier alpha value is -1.30. The van der Waals surface area contributed by atoms with Crippen molar-refractivity contribution in [1.29, 1.82) is 0 Å². The molecule has 0 aliphatic rings. The summed E-state index contributed by atoms with van der Waals surface area (Å²) in [6, 6.07) is -1.25. The monoisotopic (exact) mass is 245 g/mol. The number of rotatable bonds is 8. The number of nitrogens with one attached hydrogen (secondary N) is 3. The van der Waals surface area contributed by atoms with Crippen LogP contribution in [0.5, 0.6) is 0 Å². The predicted molar refractivity (Wildman–Crippen MR) is 66.0 cm³/mol. The summed E-state index contributed by atoms with van der Waals surface area (Å²) in [6.45, 7) is 5.04. The van der Waals surface area contributed by atoms with Crippen molar-refractivity contribution in [2.24, 2.45) is 5.92 Å². The number of carboxylic acid groups (broad SMARTS) is 1. The normalized spacial score (nSPS) is 13.8. The molecule has 0 rings (SSSR count). The lowest BCUT2D eigenvalue weighted by molar-refractivity contribution is -0.140. The van der Waals surface area contributed by atoms with E-state index in [0.717, 1.165) is 13.0 Å². The second-order valence-electron chi connectivity index (χ2n) is 4.06. The fourth-order valence-electron chi connectivity index (χ4n) is 1.34. The van der Waals surface area contributed by atoms with Gasteiger partial charge in [-0.05, 0) is 25.9 Å². The van der Waals surface area contributed by atoms with Crippen LogP contribution in [0, 0.1) is 5.92 Å². The first kappa shape index (κ1) is 15.7. The van der Waals surface area contributed by atoms with E-state index < -0.39 is 18.0 Å². The summed E-state index contributed by atoms with van der Waals surface area (Å²) in [5, 5.41) is 17.0. The number of aliphatic carboxylic acids is 1. The van der Waals surface area contributed by atoms with Crippen LogP contribution in [-0.2, 0) is 4.79 Å². The lowest BCUT2D eigenvalue weighted by atomic mass is 9.99. The number of carbonyl (C=O) groups excluding carboxylic acids is 1. The zero-order chi connectivity index (χ0) is 13.3. The van der Waals surface area contributed by atoms with Gasteiger partial charge in [-0.2, -0.15) is 0 Å². The number of carboxylic acids is 1. The van der Waals surface area contributed by atoms with Gasteiger partial charge >= 0.3 is 12.0 Å². The van der Waals surface area contributed by atoms with Crippen LogP contribution in [0.1, 0.15) is 26.7 Å². The maximum atomic E-state index is 11.4. The summed E-state index contributed by atoms with van der Waals surface area (Å²) in [7, 11) is 1.84. The molecule has 0 aliphatic carbocycles. The van der Waals surface area contributed by atoms with E-state index in [2.05, 4.69) is 16.0 Å². The van der Waals surface area contributed by atoms with Crippen LogP contribution in [0.2, 0.25) is 0 Å². The molecule has 0 bridgehead atoms. The molecule has 2 atom stereocenters. The lowest BCUT2D eigenvalue weighted by Gasteiger charge is -2.20. The molecule has 4 N–H and O–H groups in total. The number of hydrogen-bond donors (Lipinski definition) is 4. The Morgan fingerprint density at radius 1 is 1.29 bits per heavy atom. The Kier molecular flexibility index (Phi) is 8.13. The van der Waals surface area contributed by atoms with E-state index in [1.54, 1.807) is 6.92 Å². The molecule has 0 aromatic carbocycles. The Bertz CT molecular complexity index is 246. The highest BCUT2D eigenvalue weighted by atomic mass is 16.4. The third-order valence-corrected chi connectivity index (χ3v) is 2.65. The summed E-state index contributed by atoms with van der Waals surface area (Å²) < 4.78 is 0. The first-order valence-corrected chi connectivity index (χ1v) is 5.94. The minimum atomic E-state index is -0.996. The summed E-state index contributed by atoms with van der Waals surface area (Å²) in [5.41, 5.74) is 0. The van der Waals surface area contributed by atoms with Crippen molar-refractivity contribution in [3.63, 3.8) is 0 Å². The molecule has 0 spiro atoms. The average Bonchev–Trinajstić information content (AvgIpc) is 2.30. The molecule has 17 heavy (non-hydrogen) atoms. The van der Waals surface area contributed by atoms with Gasteiger partial charge in [-0.3, -0.25) is 0 Å². The van der Waals surface area contributed by atoms with Gasteiger partial charge in [0.2, 0.25) is 0 Å². The largest absolute Gasteiger partial charge is 0.480 e. The molecule has 0 heterocycles. The van der Waals surface area contributed by atoms with Gasteiger partial charge in [0.15, 0.2) is 0 Å². The number of amides is 2. The van der Waals surface area contributed by atoms with Gasteiger partial charge in [0.1, 0.15) is 6.04 Å². The van der Waals surface area contributed by atoms with E-state index in [9.17, 15) is 9.59 Å². The van der Waals surface area contributed by atoms with Crippen LogP contribution < -0.4 is 16.0 Å². The van der Waals surface area contributed by atoms with Gasteiger partial charge in [0.05, 0.1) is 0 Å². The van der Waals surface area contributed by atoms with E-state index in [4.69, 9.17) is 5.11 Å². The SMILES string of the molecule is CCC(C)[C@H](NC(=O)NCCCNC)C(=O)O. The predicted octanol–water partition coefficient (Wildman–Crippen LogP) is 0.394. The fraction of sp³-hybridized carbons (Fsp3) is 0.818. The zero-order valence-corrected chi connectivity index (χ0v) is 10.7. The Labute approximate surface area is 102 Å². The standard InChI is InChI=1S/C11H23N3O3/c1-4-8(2)9(10(15)16)14-11(17)13-7-5-6-12-3/h8-9,12H,4-7H2,1-3H3,(H,15,16)(H2,13,14,17)/t8?,9-/m0/s1. The highest BCUT2D eigenvalue weighted by Gasteiger charge is 2.24. The van der Waals surface area contributed by atoms with Crippen LogP contribution in [0.25, 0.3) is 0 Å². The van der Waals surface area contributed by atoms with Gasteiger partial charge in [-0.1, -0.05) is 20.3 Å². The molecular formula is C11H23N3O3. The van der Waals surface area contributed by atoms with E-state index in [1.807, 2.05) is 14.0 Å². The topological polar surface area (TPSA) is 90.5 Å². The minimum Gasteiger partial charge on any atom is -0.480 e. The van der Waals surface area contributed by atoms with Gasteiger partial charge in [-0.25, -0.2) is 9.59 Å². The quantitative estimate of drug-likeness (QED) is 0.466. The number of urea groups is 1. The summed E-state index contributed by atoms with van der Waals surface area (Å²) in [5.74, 6) is -1.08. The van der Waals surface area contributed by atoms with Crippen molar-refractivity contribution >= 4 is 12.0 Å².